The Morgan fingerprint density at radius 1 is 1.19 bits per heavy atom. The number of ether oxygens (including phenoxy) is 1. The zero-order chi connectivity index (χ0) is 23.0. The third kappa shape index (κ3) is 7.51. The fourth-order valence-electron chi connectivity index (χ4n) is 3.89. The molecule has 0 aromatic carbocycles. The van der Waals surface area contributed by atoms with Crippen LogP contribution in [-0.4, -0.2) is 102 Å². The molecule has 3 heterocycles. The van der Waals surface area contributed by atoms with E-state index in [0.29, 0.717) is 0 Å². The molecular formula is C22H38N8O2. The number of hydrogen-bond acceptors (Lipinski definition) is 7. The van der Waals surface area contributed by atoms with Crippen LogP contribution in [-0.2, 0) is 4.74 Å². The van der Waals surface area contributed by atoms with Crippen LogP contribution in [0.3, 0.4) is 0 Å². The number of carbonyl (C=O) groups excluding carboxylic acids is 1. The molecule has 0 saturated carbocycles. The van der Waals surface area contributed by atoms with Gasteiger partial charge in [-0.3, -0.25) is 9.89 Å². The SMILES string of the molecule is CCNC(=NCCN1CCN(c2ncccn2)CC1)N1CCC(NC(=O)OC(C)(C)C)C1. The Hall–Kier alpha value is -2.62. The third-order valence-corrected chi connectivity index (χ3v) is 5.43. The molecule has 1 unspecified atom stereocenters. The molecule has 1 atom stereocenters. The molecule has 10 nitrogen and oxygen atoms in total. The van der Waals surface area contributed by atoms with Crippen LogP contribution in [0.2, 0.25) is 0 Å². The van der Waals surface area contributed by atoms with E-state index in [1.165, 1.54) is 0 Å². The minimum atomic E-state index is -0.488. The van der Waals surface area contributed by atoms with Crippen molar-refractivity contribution in [2.45, 2.75) is 45.8 Å². The molecule has 32 heavy (non-hydrogen) atoms. The van der Waals surface area contributed by atoms with Crippen molar-refractivity contribution in [2.75, 3.05) is 63.8 Å². The molecule has 1 amide bonds. The van der Waals surface area contributed by atoms with Gasteiger partial charge in [0.15, 0.2) is 5.96 Å². The predicted molar refractivity (Wildman–Crippen MR) is 126 cm³/mol. The number of aromatic nitrogens is 2. The largest absolute Gasteiger partial charge is 0.444 e. The summed E-state index contributed by atoms with van der Waals surface area (Å²) < 4.78 is 5.38. The van der Waals surface area contributed by atoms with E-state index in [1.807, 2.05) is 26.8 Å². The second-order valence-electron chi connectivity index (χ2n) is 9.19. The van der Waals surface area contributed by atoms with Crippen molar-refractivity contribution in [3.05, 3.63) is 18.5 Å². The van der Waals surface area contributed by atoms with Crippen LogP contribution < -0.4 is 15.5 Å². The van der Waals surface area contributed by atoms with Crippen LogP contribution in [0.25, 0.3) is 0 Å². The van der Waals surface area contributed by atoms with Gasteiger partial charge in [-0.2, -0.15) is 0 Å². The van der Waals surface area contributed by atoms with Gasteiger partial charge in [0.2, 0.25) is 5.95 Å². The topological polar surface area (TPSA) is 98.2 Å². The number of nitrogens with one attached hydrogen (secondary N) is 2. The summed E-state index contributed by atoms with van der Waals surface area (Å²) in [6.45, 7) is 15.6. The number of anilines is 1. The zero-order valence-corrected chi connectivity index (χ0v) is 19.9. The van der Waals surface area contributed by atoms with Crippen LogP contribution >= 0.6 is 0 Å². The van der Waals surface area contributed by atoms with Crippen molar-refractivity contribution in [1.29, 1.82) is 0 Å². The molecule has 2 fully saturated rings. The molecule has 0 bridgehead atoms. The normalized spacial score (nSPS) is 20.4. The first-order valence-corrected chi connectivity index (χ1v) is 11.6. The van der Waals surface area contributed by atoms with Crippen molar-refractivity contribution < 1.29 is 9.53 Å². The number of alkyl carbamates (subject to hydrolysis) is 1. The summed E-state index contributed by atoms with van der Waals surface area (Å²) in [7, 11) is 0. The zero-order valence-electron chi connectivity index (χ0n) is 19.9. The lowest BCUT2D eigenvalue weighted by molar-refractivity contribution is 0.0507. The van der Waals surface area contributed by atoms with Gasteiger partial charge in [0.1, 0.15) is 5.60 Å². The van der Waals surface area contributed by atoms with E-state index in [9.17, 15) is 4.79 Å². The molecule has 3 rings (SSSR count). The summed E-state index contributed by atoms with van der Waals surface area (Å²) in [5, 5.41) is 6.37. The number of rotatable bonds is 6. The molecule has 2 N–H and O–H groups in total. The third-order valence-electron chi connectivity index (χ3n) is 5.43. The first kappa shape index (κ1) is 24.0. The summed E-state index contributed by atoms with van der Waals surface area (Å²) in [5.41, 5.74) is -0.488. The van der Waals surface area contributed by atoms with Crippen LogP contribution in [0, 0.1) is 0 Å². The molecule has 178 valence electrons. The summed E-state index contributed by atoms with van der Waals surface area (Å²) in [5.74, 6) is 1.72. The number of likely N-dealkylation sites (tertiary alicyclic amines) is 1. The van der Waals surface area contributed by atoms with Gasteiger partial charge < -0.3 is 25.2 Å². The molecule has 0 aliphatic carbocycles. The first-order chi connectivity index (χ1) is 15.3. The molecule has 1 aromatic rings. The van der Waals surface area contributed by atoms with Gasteiger partial charge in [-0.05, 0) is 40.2 Å². The Balaban J connectivity index is 1.43. The summed E-state index contributed by atoms with van der Waals surface area (Å²) >= 11 is 0. The number of amides is 1. The van der Waals surface area contributed by atoms with E-state index in [2.05, 4.69) is 42.2 Å². The number of piperazine rings is 1. The lowest BCUT2D eigenvalue weighted by Gasteiger charge is -2.34. The summed E-state index contributed by atoms with van der Waals surface area (Å²) in [6.07, 6.45) is 4.11. The van der Waals surface area contributed by atoms with Crippen LogP contribution in [0.4, 0.5) is 10.7 Å². The van der Waals surface area contributed by atoms with Gasteiger partial charge in [-0.1, -0.05) is 0 Å². The highest BCUT2D eigenvalue weighted by atomic mass is 16.6. The predicted octanol–water partition coefficient (Wildman–Crippen LogP) is 1.16. The molecule has 0 spiro atoms. The Morgan fingerprint density at radius 2 is 1.91 bits per heavy atom. The Bertz CT molecular complexity index is 744. The second-order valence-corrected chi connectivity index (χ2v) is 9.19. The molecule has 1 aromatic heterocycles. The Labute approximate surface area is 191 Å². The van der Waals surface area contributed by atoms with Gasteiger partial charge in [0.25, 0.3) is 0 Å². The first-order valence-electron chi connectivity index (χ1n) is 11.6. The smallest absolute Gasteiger partial charge is 0.407 e. The average molecular weight is 447 g/mol. The van der Waals surface area contributed by atoms with Gasteiger partial charge in [0.05, 0.1) is 12.6 Å². The number of nitrogens with zero attached hydrogens (tertiary/aromatic N) is 6. The highest BCUT2D eigenvalue weighted by Crippen LogP contribution is 2.13. The molecule has 0 radical (unpaired) electrons. The van der Waals surface area contributed by atoms with E-state index in [1.54, 1.807) is 12.4 Å². The molecular weight excluding hydrogens is 408 g/mol. The second kappa shape index (κ2) is 11.3. The fourth-order valence-corrected chi connectivity index (χ4v) is 3.89. The molecule has 2 aliphatic heterocycles. The Kier molecular flexibility index (Phi) is 8.49. The van der Waals surface area contributed by atoms with Gasteiger partial charge in [-0.15, -0.1) is 0 Å². The maximum atomic E-state index is 12.1. The fraction of sp³-hybridized carbons (Fsp3) is 0.727. The van der Waals surface area contributed by atoms with E-state index in [0.717, 1.165) is 77.2 Å². The van der Waals surface area contributed by atoms with Crippen LogP contribution in [0.1, 0.15) is 34.1 Å². The lowest BCUT2D eigenvalue weighted by Crippen LogP contribution is -2.48. The number of aliphatic imine (C=N–C) groups is 1. The molecule has 2 aliphatic rings. The number of hydrogen-bond donors (Lipinski definition) is 2. The minimum Gasteiger partial charge on any atom is -0.444 e. The van der Waals surface area contributed by atoms with E-state index >= 15 is 0 Å². The number of guanidine groups is 1. The van der Waals surface area contributed by atoms with Gasteiger partial charge >= 0.3 is 6.09 Å². The van der Waals surface area contributed by atoms with Crippen molar-refractivity contribution >= 4 is 18.0 Å². The summed E-state index contributed by atoms with van der Waals surface area (Å²) in [6, 6.07) is 1.91. The highest BCUT2D eigenvalue weighted by molar-refractivity contribution is 5.80. The maximum Gasteiger partial charge on any atom is 0.407 e. The van der Waals surface area contributed by atoms with Crippen molar-refractivity contribution in [2.24, 2.45) is 4.99 Å². The standard InChI is InChI=1S/C22H38N8O2/c1-5-23-19(30-11-7-18(17-30)27-21(31)32-22(2,3)4)26-10-12-28-13-15-29(16-14-28)20-24-8-6-9-25-20/h6,8-9,18H,5,7,10-17H2,1-4H3,(H,23,26)(H,27,31). The Morgan fingerprint density at radius 3 is 2.56 bits per heavy atom. The summed E-state index contributed by atoms with van der Waals surface area (Å²) in [4.78, 5) is 32.5. The van der Waals surface area contributed by atoms with E-state index in [-0.39, 0.29) is 12.1 Å². The van der Waals surface area contributed by atoms with E-state index < -0.39 is 5.60 Å². The highest BCUT2D eigenvalue weighted by Gasteiger charge is 2.28. The minimum absolute atomic E-state index is 0.0713. The average Bonchev–Trinajstić information content (AvgIpc) is 3.21. The molecule has 2 saturated heterocycles. The van der Waals surface area contributed by atoms with Gasteiger partial charge in [-0.25, -0.2) is 14.8 Å². The van der Waals surface area contributed by atoms with Crippen molar-refractivity contribution in [3.8, 4) is 0 Å². The van der Waals surface area contributed by atoms with Gasteiger partial charge in [0, 0.05) is 64.8 Å². The number of carbonyl (C=O) groups is 1. The van der Waals surface area contributed by atoms with Crippen molar-refractivity contribution in [3.63, 3.8) is 0 Å². The monoisotopic (exact) mass is 446 g/mol. The van der Waals surface area contributed by atoms with E-state index in [4.69, 9.17) is 9.73 Å². The molecule has 10 heteroatoms. The quantitative estimate of drug-likeness (QED) is 0.496. The maximum absolute atomic E-state index is 12.1. The van der Waals surface area contributed by atoms with Crippen molar-refractivity contribution in [1.82, 2.24) is 30.4 Å². The van der Waals surface area contributed by atoms with Crippen LogP contribution in [0.5, 0.6) is 0 Å². The van der Waals surface area contributed by atoms with Crippen LogP contribution in [0.15, 0.2) is 23.5 Å². The lowest BCUT2D eigenvalue weighted by atomic mass is 10.2.